The SMILES string of the molecule is O=S(=O)(Cl)c1ccc(Cl)c2c1OCCN2CCOCc1ccccc1. The maximum Gasteiger partial charge on any atom is 0.265 e. The van der Waals surface area contributed by atoms with E-state index in [0.29, 0.717) is 43.6 Å². The number of halogens is 2. The lowest BCUT2D eigenvalue weighted by Crippen LogP contribution is -2.36. The van der Waals surface area contributed by atoms with E-state index >= 15 is 0 Å². The van der Waals surface area contributed by atoms with E-state index in [0.717, 1.165) is 5.56 Å². The molecule has 0 aliphatic carbocycles. The van der Waals surface area contributed by atoms with E-state index in [1.807, 2.05) is 35.2 Å². The summed E-state index contributed by atoms with van der Waals surface area (Å²) in [5.74, 6) is 0.205. The first kappa shape index (κ1) is 18.3. The van der Waals surface area contributed by atoms with Crippen LogP contribution >= 0.6 is 22.3 Å². The number of ether oxygens (including phenoxy) is 2. The average Bonchev–Trinajstić information content (AvgIpc) is 2.59. The summed E-state index contributed by atoms with van der Waals surface area (Å²) >= 11 is 6.27. The van der Waals surface area contributed by atoms with Crippen LogP contribution < -0.4 is 9.64 Å². The molecule has 0 atom stereocenters. The van der Waals surface area contributed by atoms with Gasteiger partial charge in [-0.15, -0.1) is 0 Å². The van der Waals surface area contributed by atoms with Crippen LogP contribution in [0.1, 0.15) is 5.56 Å². The molecule has 1 aliphatic heterocycles. The predicted molar refractivity (Wildman–Crippen MR) is 98.3 cm³/mol. The van der Waals surface area contributed by atoms with Gasteiger partial charge in [0.15, 0.2) is 5.75 Å². The second kappa shape index (κ2) is 7.83. The first-order valence-corrected chi connectivity index (χ1v) is 10.4. The smallest absolute Gasteiger partial charge is 0.265 e. The van der Waals surface area contributed by atoms with Crippen LogP contribution in [-0.2, 0) is 20.4 Å². The molecule has 8 heteroatoms. The zero-order valence-electron chi connectivity index (χ0n) is 13.3. The van der Waals surface area contributed by atoms with Gasteiger partial charge in [0, 0.05) is 17.2 Å². The number of hydrogen-bond donors (Lipinski definition) is 0. The van der Waals surface area contributed by atoms with Crippen LogP contribution in [0.5, 0.6) is 5.75 Å². The fraction of sp³-hybridized carbons (Fsp3) is 0.294. The van der Waals surface area contributed by atoms with Crippen molar-refractivity contribution in [3.05, 3.63) is 53.1 Å². The largest absolute Gasteiger partial charge is 0.488 e. The fourth-order valence-corrected chi connectivity index (χ4v) is 3.93. The third-order valence-electron chi connectivity index (χ3n) is 3.85. The highest BCUT2D eigenvalue weighted by atomic mass is 35.7. The fourth-order valence-electron chi connectivity index (χ4n) is 2.69. The Labute approximate surface area is 156 Å². The van der Waals surface area contributed by atoms with Crippen LogP contribution in [0.15, 0.2) is 47.4 Å². The van der Waals surface area contributed by atoms with Gasteiger partial charge in [0.1, 0.15) is 11.5 Å². The maximum absolute atomic E-state index is 11.7. The first-order chi connectivity index (χ1) is 12.0. The standard InChI is InChI=1S/C17H17Cl2NO4S/c18-14-6-7-15(25(19,21)22)17-16(14)20(9-11-24-17)8-10-23-12-13-4-2-1-3-5-13/h1-7H,8-12H2. The van der Waals surface area contributed by atoms with E-state index in [-0.39, 0.29) is 10.6 Å². The van der Waals surface area contributed by atoms with Crippen molar-refractivity contribution in [3.8, 4) is 5.75 Å². The molecular weight excluding hydrogens is 385 g/mol. The van der Waals surface area contributed by atoms with Crippen LogP contribution in [0.4, 0.5) is 5.69 Å². The van der Waals surface area contributed by atoms with Crippen molar-refractivity contribution in [3.63, 3.8) is 0 Å². The Morgan fingerprint density at radius 1 is 1.16 bits per heavy atom. The molecule has 0 aromatic heterocycles. The molecule has 1 aliphatic rings. The Morgan fingerprint density at radius 2 is 1.92 bits per heavy atom. The van der Waals surface area contributed by atoms with E-state index in [4.69, 9.17) is 31.8 Å². The van der Waals surface area contributed by atoms with Crippen molar-refractivity contribution in [1.29, 1.82) is 0 Å². The second-order valence-corrected chi connectivity index (χ2v) is 8.48. The molecule has 5 nitrogen and oxygen atoms in total. The highest BCUT2D eigenvalue weighted by molar-refractivity contribution is 8.13. The van der Waals surface area contributed by atoms with Gasteiger partial charge < -0.3 is 14.4 Å². The molecule has 3 rings (SSSR count). The molecular formula is C17H17Cl2NO4S. The topological polar surface area (TPSA) is 55.8 Å². The van der Waals surface area contributed by atoms with Crippen LogP contribution in [0.25, 0.3) is 0 Å². The van der Waals surface area contributed by atoms with Crippen molar-refractivity contribution in [2.24, 2.45) is 0 Å². The Morgan fingerprint density at radius 3 is 2.64 bits per heavy atom. The monoisotopic (exact) mass is 401 g/mol. The molecule has 2 aromatic rings. The van der Waals surface area contributed by atoms with Crippen molar-refractivity contribution in [1.82, 2.24) is 0 Å². The summed E-state index contributed by atoms with van der Waals surface area (Å²) in [6.45, 7) is 2.50. The van der Waals surface area contributed by atoms with Crippen molar-refractivity contribution >= 4 is 37.0 Å². The van der Waals surface area contributed by atoms with Gasteiger partial charge in [-0.2, -0.15) is 0 Å². The minimum atomic E-state index is -3.91. The molecule has 2 aromatic carbocycles. The molecule has 0 unspecified atom stereocenters. The molecule has 0 saturated carbocycles. The van der Waals surface area contributed by atoms with Gasteiger partial charge in [0.25, 0.3) is 9.05 Å². The molecule has 0 bridgehead atoms. The minimum absolute atomic E-state index is 0.0662. The molecule has 25 heavy (non-hydrogen) atoms. The van der Waals surface area contributed by atoms with Gasteiger partial charge in [-0.05, 0) is 17.7 Å². The van der Waals surface area contributed by atoms with Crippen LogP contribution in [-0.4, -0.2) is 34.7 Å². The van der Waals surface area contributed by atoms with E-state index in [1.54, 1.807) is 0 Å². The molecule has 0 spiro atoms. The lowest BCUT2D eigenvalue weighted by molar-refractivity contribution is 0.125. The van der Waals surface area contributed by atoms with Gasteiger partial charge in [0.05, 0.1) is 30.5 Å². The van der Waals surface area contributed by atoms with Crippen LogP contribution in [0.2, 0.25) is 5.02 Å². The third-order valence-corrected chi connectivity index (χ3v) is 5.50. The van der Waals surface area contributed by atoms with Gasteiger partial charge in [-0.1, -0.05) is 41.9 Å². The zero-order chi connectivity index (χ0) is 17.9. The normalized spacial score (nSPS) is 14.1. The van der Waals surface area contributed by atoms with Crippen molar-refractivity contribution in [2.45, 2.75) is 11.5 Å². The van der Waals surface area contributed by atoms with Gasteiger partial charge in [-0.3, -0.25) is 0 Å². The summed E-state index contributed by atoms with van der Waals surface area (Å²) in [4.78, 5) is 1.89. The second-order valence-electron chi connectivity index (χ2n) is 5.53. The zero-order valence-corrected chi connectivity index (χ0v) is 15.6. The molecule has 0 saturated heterocycles. The summed E-state index contributed by atoms with van der Waals surface area (Å²) < 4.78 is 34.7. The average molecular weight is 402 g/mol. The maximum atomic E-state index is 11.7. The number of nitrogens with zero attached hydrogens (tertiary/aromatic N) is 1. The predicted octanol–water partition coefficient (Wildman–Crippen LogP) is 3.68. The van der Waals surface area contributed by atoms with E-state index < -0.39 is 9.05 Å². The summed E-state index contributed by atoms with van der Waals surface area (Å²) in [5.41, 5.74) is 1.64. The van der Waals surface area contributed by atoms with Crippen molar-refractivity contribution in [2.75, 3.05) is 31.2 Å². The summed E-state index contributed by atoms with van der Waals surface area (Å²) in [6.07, 6.45) is 0. The molecule has 1 heterocycles. The van der Waals surface area contributed by atoms with E-state index in [2.05, 4.69) is 0 Å². The Kier molecular flexibility index (Phi) is 5.74. The Balaban J connectivity index is 1.71. The van der Waals surface area contributed by atoms with Gasteiger partial charge in [-0.25, -0.2) is 8.42 Å². The summed E-state index contributed by atoms with van der Waals surface area (Å²) in [6, 6.07) is 12.8. The minimum Gasteiger partial charge on any atom is -0.488 e. The van der Waals surface area contributed by atoms with Gasteiger partial charge in [0.2, 0.25) is 0 Å². The lowest BCUT2D eigenvalue weighted by atomic mass is 10.2. The lowest BCUT2D eigenvalue weighted by Gasteiger charge is -2.32. The van der Waals surface area contributed by atoms with Crippen molar-refractivity contribution < 1.29 is 17.9 Å². The Bertz CT molecular complexity index is 843. The molecule has 0 N–H and O–H groups in total. The molecule has 0 amide bonds. The molecule has 134 valence electrons. The van der Waals surface area contributed by atoms with E-state index in [1.165, 1.54) is 12.1 Å². The quantitative estimate of drug-likeness (QED) is 0.545. The number of rotatable bonds is 6. The third kappa shape index (κ3) is 4.39. The van der Waals surface area contributed by atoms with E-state index in [9.17, 15) is 8.42 Å². The summed E-state index contributed by atoms with van der Waals surface area (Å²) in [5, 5.41) is 0.418. The molecule has 0 radical (unpaired) electrons. The number of hydrogen-bond acceptors (Lipinski definition) is 5. The number of benzene rings is 2. The number of anilines is 1. The highest BCUT2D eigenvalue weighted by Crippen LogP contribution is 2.43. The first-order valence-electron chi connectivity index (χ1n) is 7.73. The molecule has 0 fully saturated rings. The van der Waals surface area contributed by atoms with Gasteiger partial charge >= 0.3 is 0 Å². The summed E-state index contributed by atoms with van der Waals surface area (Å²) in [7, 11) is 1.58. The highest BCUT2D eigenvalue weighted by Gasteiger charge is 2.28. The van der Waals surface area contributed by atoms with Crippen LogP contribution in [0.3, 0.4) is 0 Å². The number of fused-ring (bicyclic) bond motifs is 1. The Hall–Kier alpha value is -1.47. The van der Waals surface area contributed by atoms with Crippen LogP contribution in [0, 0.1) is 0 Å².